The van der Waals surface area contributed by atoms with Crippen LogP contribution in [0.2, 0.25) is 0 Å². The van der Waals surface area contributed by atoms with E-state index in [9.17, 15) is 9.18 Å². The van der Waals surface area contributed by atoms with Crippen LogP contribution in [0.1, 0.15) is 17.5 Å². The van der Waals surface area contributed by atoms with Gasteiger partial charge in [-0.15, -0.1) is 0 Å². The summed E-state index contributed by atoms with van der Waals surface area (Å²) in [6.45, 7) is 1.38. The molecule has 144 valence electrons. The number of rotatable bonds is 9. The maximum Gasteiger partial charge on any atom is 0.304 e. The standard InChI is InChI=1S/C23H22FNO3/c24-20-8-4-6-18(14-20)16-25(13-12-23(26)27)17-19-7-5-11-22(15-19)28-21-9-2-1-3-10-21/h1-11,14-15H,12-13,16-17H2,(H,26,27). The highest BCUT2D eigenvalue weighted by atomic mass is 19.1. The number of hydrogen-bond donors (Lipinski definition) is 1. The molecule has 0 amide bonds. The van der Waals surface area contributed by atoms with E-state index in [0.29, 0.717) is 25.4 Å². The van der Waals surface area contributed by atoms with Crippen LogP contribution in [-0.2, 0) is 17.9 Å². The molecule has 0 saturated carbocycles. The predicted octanol–water partition coefficient (Wildman–Crippen LogP) is 5.09. The highest BCUT2D eigenvalue weighted by Gasteiger charge is 2.11. The molecule has 0 aromatic heterocycles. The molecule has 0 saturated heterocycles. The van der Waals surface area contributed by atoms with Crippen LogP contribution in [-0.4, -0.2) is 22.5 Å². The fraction of sp³-hybridized carbons (Fsp3) is 0.174. The first-order valence-corrected chi connectivity index (χ1v) is 9.09. The molecule has 0 fully saturated rings. The van der Waals surface area contributed by atoms with Gasteiger partial charge in [0.05, 0.1) is 6.42 Å². The van der Waals surface area contributed by atoms with Crippen molar-refractivity contribution in [3.63, 3.8) is 0 Å². The Morgan fingerprint density at radius 2 is 1.50 bits per heavy atom. The predicted molar refractivity (Wildman–Crippen MR) is 106 cm³/mol. The zero-order chi connectivity index (χ0) is 19.8. The number of carbonyl (C=O) groups is 1. The lowest BCUT2D eigenvalue weighted by atomic mass is 10.1. The number of para-hydroxylation sites is 1. The third-order valence-electron chi connectivity index (χ3n) is 4.22. The molecule has 0 unspecified atom stereocenters. The Bertz CT molecular complexity index is 914. The van der Waals surface area contributed by atoms with Crippen molar-refractivity contribution in [3.05, 3.63) is 95.8 Å². The summed E-state index contributed by atoms with van der Waals surface area (Å²) in [4.78, 5) is 13.0. The summed E-state index contributed by atoms with van der Waals surface area (Å²) in [5, 5.41) is 9.04. The van der Waals surface area contributed by atoms with Gasteiger partial charge in [0.1, 0.15) is 17.3 Å². The highest BCUT2D eigenvalue weighted by molar-refractivity contribution is 5.66. The molecule has 0 bridgehead atoms. The lowest BCUT2D eigenvalue weighted by molar-refractivity contribution is -0.137. The van der Waals surface area contributed by atoms with Gasteiger partial charge in [-0.25, -0.2) is 4.39 Å². The number of carboxylic acids is 1. The van der Waals surface area contributed by atoms with Crippen LogP contribution in [0, 0.1) is 5.82 Å². The molecule has 3 aromatic carbocycles. The summed E-state index contributed by atoms with van der Waals surface area (Å²) < 4.78 is 19.4. The average molecular weight is 379 g/mol. The number of aliphatic carboxylic acids is 1. The van der Waals surface area contributed by atoms with E-state index in [-0.39, 0.29) is 12.2 Å². The van der Waals surface area contributed by atoms with Crippen molar-refractivity contribution in [2.24, 2.45) is 0 Å². The number of benzene rings is 3. The molecule has 3 rings (SSSR count). The van der Waals surface area contributed by atoms with E-state index >= 15 is 0 Å². The van der Waals surface area contributed by atoms with E-state index < -0.39 is 5.97 Å². The third kappa shape index (κ3) is 6.21. The first kappa shape index (κ1) is 19.6. The molecule has 4 nitrogen and oxygen atoms in total. The summed E-state index contributed by atoms with van der Waals surface area (Å²) in [5.74, 6) is 0.314. The van der Waals surface area contributed by atoms with Gasteiger partial charge in [0.25, 0.3) is 0 Å². The van der Waals surface area contributed by atoms with E-state index in [2.05, 4.69) is 0 Å². The van der Waals surface area contributed by atoms with Crippen molar-refractivity contribution in [2.45, 2.75) is 19.5 Å². The summed E-state index contributed by atoms with van der Waals surface area (Å²) in [6.07, 6.45) is 0.0233. The van der Waals surface area contributed by atoms with Crippen LogP contribution in [0.25, 0.3) is 0 Å². The molecule has 0 radical (unpaired) electrons. The van der Waals surface area contributed by atoms with Gasteiger partial charge in [0.2, 0.25) is 0 Å². The van der Waals surface area contributed by atoms with Crippen LogP contribution in [0.3, 0.4) is 0 Å². The van der Waals surface area contributed by atoms with Gasteiger partial charge >= 0.3 is 5.97 Å². The Labute approximate surface area is 163 Å². The van der Waals surface area contributed by atoms with Crippen molar-refractivity contribution in [1.82, 2.24) is 4.90 Å². The molecule has 0 atom stereocenters. The second-order valence-electron chi connectivity index (χ2n) is 6.55. The lowest BCUT2D eigenvalue weighted by Crippen LogP contribution is -2.25. The normalized spacial score (nSPS) is 10.8. The number of hydrogen-bond acceptors (Lipinski definition) is 3. The molecule has 0 spiro atoms. The largest absolute Gasteiger partial charge is 0.481 e. The van der Waals surface area contributed by atoms with Gasteiger partial charge in [-0.2, -0.15) is 0 Å². The SMILES string of the molecule is O=C(O)CCN(Cc1cccc(F)c1)Cc1cccc(Oc2ccccc2)c1. The van der Waals surface area contributed by atoms with E-state index in [0.717, 1.165) is 16.9 Å². The van der Waals surface area contributed by atoms with Gasteiger partial charge in [0.15, 0.2) is 0 Å². The zero-order valence-electron chi connectivity index (χ0n) is 15.4. The van der Waals surface area contributed by atoms with Crippen molar-refractivity contribution in [3.8, 4) is 11.5 Å². The zero-order valence-corrected chi connectivity index (χ0v) is 15.4. The topological polar surface area (TPSA) is 49.8 Å². The van der Waals surface area contributed by atoms with Crippen molar-refractivity contribution < 1.29 is 19.0 Å². The average Bonchev–Trinajstić information content (AvgIpc) is 2.67. The number of halogens is 1. The molecular formula is C23H22FNO3. The summed E-state index contributed by atoms with van der Waals surface area (Å²) in [7, 11) is 0. The van der Waals surface area contributed by atoms with Crippen LogP contribution in [0.5, 0.6) is 11.5 Å². The molecule has 1 N–H and O–H groups in total. The molecular weight excluding hydrogens is 357 g/mol. The Morgan fingerprint density at radius 1 is 0.857 bits per heavy atom. The van der Waals surface area contributed by atoms with Gasteiger partial charge in [0, 0.05) is 19.6 Å². The fourth-order valence-corrected chi connectivity index (χ4v) is 2.95. The molecule has 28 heavy (non-hydrogen) atoms. The van der Waals surface area contributed by atoms with Gasteiger partial charge in [-0.1, -0.05) is 42.5 Å². The Morgan fingerprint density at radius 3 is 2.18 bits per heavy atom. The first-order chi connectivity index (χ1) is 13.6. The Hall–Kier alpha value is -3.18. The van der Waals surface area contributed by atoms with Crippen molar-refractivity contribution in [1.29, 1.82) is 0 Å². The van der Waals surface area contributed by atoms with E-state index in [1.54, 1.807) is 6.07 Å². The smallest absolute Gasteiger partial charge is 0.304 e. The first-order valence-electron chi connectivity index (χ1n) is 9.09. The molecule has 5 heteroatoms. The minimum Gasteiger partial charge on any atom is -0.481 e. The summed E-state index contributed by atoms with van der Waals surface area (Å²) in [6, 6.07) is 23.6. The fourth-order valence-electron chi connectivity index (χ4n) is 2.95. The maximum atomic E-state index is 13.5. The highest BCUT2D eigenvalue weighted by Crippen LogP contribution is 2.23. The lowest BCUT2D eigenvalue weighted by Gasteiger charge is -2.22. The molecule has 0 aliphatic carbocycles. The summed E-state index contributed by atoms with van der Waals surface area (Å²) >= 11 is 0. The second kappa shape index (κ2) is 9.67. The second-order valence-corrected chi connectivity index (χ2v) is 6.55. The monoisotopic (exact) mass is 379 g/mol. The maximum absolute atomic E-state index is 13.5. The van der Waals surface area contributed by atoms with Crippen molar-refractivity contribution >= 4 is 5.97 Å². The number of carboxylic acid groups (broad SMARTS) is 1. The van der Waals surface area contributed by atoms with Crippen LogP contribution in [0.4, 0.5) is 4.39 Å². The minimum absolute atomic E-state index is 0.0233. The van der Waals surface area contributed by atoms with Crippen molar-refractivity contribution in [2.75, 3.05) is 6.54 Å². The van der Waals surface area contributed by atoms with Crippen LogP contribution in [0.15, 0.2) is 78.9 Å². The number of nitrogens with zero attached hydrogens (tertiary/aromatic N) is 1. The number of ether oxygens (including phenoxy) is 1. The van der Waals surface area contributed by atoms with Crippen LogP contribution >= 0.6 is 0 Å². The third-order valence-corrected chi connectivity index (χ3v) is 4.22. The van der Waals surface area contributed by atoms with E-state index in [4.69, 9.17) is 9.84 Å². The van der Waals surface area contributed by atoms with Crippen LogP contribution < -0.4 is 4.74 Å². The quantitative estimate of drug-likeness (QED) is 0.562. The van der Waals surface area contributed by atoms with Gasteiger partial charge < -0.3 is 9.84 Å². The molecule has 3 aromatic rings. The Balaban J connectivity index is 1.72. The summed E-state index contributed by atoms with van der Waals surface area (Å²) in [5.41, 5.74) is 1.80. The minimum atomic E-state index is -0.856. The molecule has 0 aliphatic heterocycles. The van der Waals surface area contributed by atoms with Gasteiger partial charge in [-0.05, 0) is 47.5 Å². The molecule has 0 heterocycles. The van der Waals surface area contributed by atoms with E-state index in [1.807, 2.05) is 65.6 Å². The van der Waals surface area contributed by atoms with E-state index in [1.165, 1.54) is 12.1 Å². The molecule has 0 aliphatic rings. The Kier molecular flexibility index (Phi) is 6.76. The van der Waals surface area contributed by atoms with Gasteiger partial charge in [-0.3, -0.25) is 9.69 Å².